The molecule has 18 heavy (non-hydrogen) atoms. The van der Waals surface area contributed by atoms with E-state index in [4.69, 9.17) is 19.9 Å². The van der Waals surface area contributed by atoms with Gasteiger partial charge in [-0.05, 0) is 11.4 Å². The van der Waals surface area contributed by atoms with Crippen molar-refractivity contribution in [3.63, 3.8) is 0 Å². The maximum Gasteiger partial charge on any atom is 0.227 e. The largest absolute Gasteiger partial charge is 0.475 e. The highest BCUT2D eigenvalue weighted by molar-refractivity contribution is 7.16. The summed E-state index contributed by atoms with van der Waals surface area (Å²) in [6.07, 6.45) is 0. The Morgan fingerprint density at radius 2 is 2.06 bits per heavy atom. The van der Waals surface area contributed by atoms with Crippen LogP contribution in [0.2, 0.25) is 0 Å². The number of hydrogen-bond donors (Lipinski definition) is 1. The summed E-state index contributed by atoms with van der Waals surface area (Å²) < 4.78 is 15.7. The van der Waals surface area contributed by atoms with Crippen LogP contribution >= 0.6 is 11.3 Å². The summed E-state index contributed by atoms with van der Waals surface area (Å²) in [5.74, 6) is 0.731. The van der Waals surface area contributed by atoms with E-state index in [-0.39, 0.29) is 5.95 Å². The van der Waals surface area contributed by atoms with E-state index in [1.807, 2.05) is 11.4 Å². The number of methoxy groups -OCH3 is 1. The van der Waals surface area contributed by atoms with Gasteiger partial charge >= 0.3 is 0 Å². The minimum atomic E-state index is 0.222. The maximum absolute atomic E-state index is 5.61. The lowest BCUT2D eigenvalue weighted by atomic mass is 10.4. The van der Waals surface area contributed by atoms with Crippen LogP contribution in [-0.4, -0.2) is 43.5 Å². The summed E-state index contributed by atoms with van der Waals surface area (Å²) in [5, 5.41) is 2.81. The SMILES string of the molecule is COCCOCCOc1nc(N)nc2sccc12. The van der Waals surface area contributed by atoms with Crippen LogP contribution in [0, 0.1) is 0 Å². The molecule has 2 N–H and O–H groups in total. The van der Waals surface area contributed by atoms with Crippen molar-refractivity contribution in [2.75, 3.05) is 39.3 Å². The van der Waals surface area contributed by atoms with E-state index >= 15 is 0 Å². The van der Waals surface area contributed by atoms with Gasteiger partial charge in [-0.15, -0.1) is 11.3 Å². The molecule has 0 aliphatic rings. The van der Waals surface area contributed by atoms with Crippen LogP contribution in [0.25, 0.3) is 10.2 Å². The Balaban J connectivity index is 1.89. The second-order valence-electron chi connectivity index (χ2n) is 3.48. The molecule has 98 valence electrons. The van der Waals surface area contributed by atoms with Crippen molar-refractivity contribution in [1.29, 1.82) is 0 Å². The first-order chi connectivity index (χ1) is 8.81. The number of ether oxygens (including phenoxy) is 3. The Morgan fingerprint density at radius 1 is 1.22 bits per heavy atom. The number of nitrogens with zero attached hydrogens (tertiary/aromatic N) is 2. The fourth-order valence-corrected chi connectivity index (χ4v) is 2.16. The van der Waals surface area contributed by atoms with E-state index in [1.165, 1.54) is 11.3 Å². The molecule has 0 atom stereocenters. The molecule has 0 radical (unpaired) electrons. The van der Waals surface area contributed by atoms with E-state index in [1.54, 1.807) is 7.11 Å². The van der Waals surface area contributed by atoms with Gasteiger partial charge < -0.3 is 19.9 Å². The number of rotatable bonds is 7. The molecule has 2 rings (SSSR count). The molecule has 7 heteroatoms. The van der Waals surface area contributed by atoms with Crippen LogP contribution in [0.4, 0.5) is 5.95 Å². The molecule has 0 spiro atoms. The fourth-order valence-electron chi connectivity index (χ4n) is 1.40. The molecule has 0 aliphatic carbocycles. The number of hydrogen-bond acceptors (Lipinski definition) is 7. The summed E-state index contributed by atoms with van der Waals surface area (Å²) in [5.41, 5.74) is 5.61. The number of fused-ring (bicyclic) bond motifs is 1. The van der Waals surface area contributed by atoms with Crippen molar-refractivity contribution in [1.82, 2.24) is 9.97 Å². The average molecular weight is 269 g/mol. The van der Waals surface area contributed by atoms with Crippen molar-refractivity contribution in [3.8, 4) is 5.88 Å². The molecule has 0 amide bonds. The van der Waals surface area contributed by atoms with Gasteiger partial charge in [-0.1, -0.05) is 0 Å². The van der Waals surface area contributed by atoms with Crippen molar-refractivity contribution < 1.29 is 14.2 Å². The predicted octanol–water partition coefficient (Wildman–Crippen LogP) is 1.32. The zero-order valence-electron chi connectivity index (χ0n) is 10.1. The Hall–Kier alpha value is -1.44. The summed E-state index contributed by atoms with van der Waals surface area (Å²) in [7, 11) is 1.64. The molecule has 0 bridgehead atoms. The molecule has 2 heterocycles. The van der Waals surface area contributed by atoms with Crippen LogP contribution < -0.4 is 10.5 Å². The van der Waals surface area contributed by atoms with Crippen molar-refractivity contribution in [3.05, 3.63) is 11.4 Å². The molecule has 6 nitrogen and oxygen atoms in total. The minimum Gasteiger partial charge on any atom is -0.475 e. The topological polar surface area (TPSA) is 79.5 Å². The highest BCUT2D eigenvalue weighted by Gasteiger charge is 2.08. The third-order valence-corrected chi connectivity index (χ3v) is 3.01. The zero-order valence-corrected chi connectivity index (χ0v) is 10.9. The normalized spacial score (nSPS) is 10.9. The van der Waals surface area contributed by atoms with Gasteiger partial charge in [0.25, 0.3) is 0 Å². The first-order valence-electron chi connectivity index (χ1n) is 5.51. The lowest BCUT2D eigenvalue weighted by molar-refractivity contribution is 0.0540. The number of aromatic nitrogens is 2. The Morgan fingerprint density at radius 3 is 2.89 bits per heavy atom. The van der Waals surface area contributed by atoms with E-state index < -0.39 is 0 Å². The molecule has 0 aliphatic heterocycles. The van der Waals surface area contributed by atoms with Gasteiger partial charge in [-0.3, -0.25) is 0 Å². The number of nitrogens with two attached hydrogens (primary N) is 1. The van der Waals surface area contributed by atoms with Crippen molar-refractivity contribution >= 4 is 27.5 Å². The van der Waals surface area contributed by atoms with E-state index in [0.29, 0.717) is 32.3 Å². The molecular formula is C11H15N3O3S. The predicted molar refractivity (Wildman–Crippen MR) is 70.0 cm³/mol. The van der Waals surface area contributed by atoms with Crippen molar-refractivity contribution in [2.45, 2.75) is 0 Å². The molecule has 0 saturated heterocycles. The van der Waals surface area contributed by atoms with Gasteiger partial charge in [0.2, 0.25) is 11.8 Å². The zero-order chi connectivity index (χ0) is 12.8. The van der Waals surface area contributed by atoms with Gasteiger partial charge in [0.05, 0.1) is 25.2 Å². The maximum atomic E-state index is 5.61. The van der Waals surface area contributed by atoms with Gasteiger partial charge in [-0.2, -0.15) is 4.98 Å². The Kier molecular flexibility index (Phi) is 4.68. The molecule has 0 unspecified atom stereocenters. The van der Waals surface area contributed by atoms with Crippen LogP contribution in [0.15, 0.2) is 11.4 Å². The van der Waals surface area contributed by atoms with E-state index in [2.05, 4.69) is 9.97 Å². The van der Waals surface area contributed by atoms with Crippen LogP contribution in [0.1, 0.15) is 0 Å². The highest BCUT2D eigenvalue weighted by atomic mass is 32.1. The third-order valence-electron chi connectivity index (χ3n) is 2.21. The Labute approximate surface area is 109 Å². The lowest BCUT2D eigenvalue weighted by Crippen LogP contribution is -2.11. The van der Waals surface area contributed by atoms with Crippen LogP contribution in [0.5, 0.6) is 5.88 Å². The summed E-state index contributed by atoms with van der Waals surface area (Å²) >= 11 is 1.51. The van der Waals surface area contributed by atoms with Gasteiger partial charge in [-0.25, -0.2) is 4.98 Å². The van der Waals surface area contributed by atoms with Gasteiger partial charge in [0.15, 0.2) is 0 Å². The molecule has 2 aromatic rings. The standard InChI is InChI=1S/C11H15N3O3S/c1-15-3-4-16-5-6-17-9-8-2-7-18-10(8)14-11(12)13-9/h2,7H,3-6H2,1H3,(H2,12,13,14). The molecule has 2 aromatic heterocycles. The molecule has 0 aromatic carbocycles. The molecule has 0 fully saturated rings. The molecule has 0 saturated carbocycles. The number of anilines is 1. The van der Waals surface area contributed by atoms with Crippen LogP contribution in [-0.2, 0) is 9.47 Å². The summed E-state index contributed by atoms with van der Waals surface area (Å²) in [6.45, 7) is 2.04. The first kappa shape index (κ1) is 13.0. The summed E-state index contributed by atoms with van der Waals surface area (Å²) in [6, 6.07) is 1.92. The lowest BCUT2D eigenvalue weighted by Gasteiger charge is -2.07. The second-order valence-corrected chi connectivity index (χ2v) is 4.37. The third kappa shape index (κ3) is 3.28. The average Bonchev–Trinajstić information content (AvgIpc) is 2.81. The van der Waals surface area contributed by atoms with Crippen molar-refractivity contribution in [2.24, 2.45) is 0 Å². The van der Waals surface area contributed by atoms with E-state index in [0.717, 1.165) is 10.2 Å². The Bertz CT molecular complexity index is 503. The smallest absolute Gasteiger partial charge is 0.227 e. The highest BCUT2D eigenvalue weighted by Crippen LogP contribution is 2.27. The fraction of sp³-hybridized carbons (Fsp3) is 0.455. The first-order valence-corrected chi connectivity index (χ1v) is 6.39. The minimum absolute atomic E-state index is 0.222. The summed E-state index contributed by atoms with van der Waals surface area (Å²) in [4.78, 5) is 9.03. The van der Waals surface area contributed by atoms with Crippen LogP contribution in [0.3, 0.4) is 0 Å². The van der Waals surface area contributed by atoms with Gasteiger partial charge in [0, 0.05) is 7.11 Å². The van der Waals surface area contributed by atoms with Gasteiger partial charge in [0.1, 0.15) is 11.4 Å². The number of thiophene rings is 1. The second kappa shape index (κ2) is 6.48. The monoisotopic (exact) mass is 269 g/mol. The van der Waals surface area contributed by atoms with E-state index in [9.17, 15) is 0 Å². The molecular weight excluding hydrogens is 254 g/mol. The quantitative estimate of drug-likeness (QED) is 0.764. The number of nitrogen functional groups attached to an aromatic ring is 1.